The third-order valence-electron chi connectivity index (χ3n) is 6.80. The van der Waals surface area contributed by atoms with Gasteiger partial charge >= 0.3 is 0 Å². The van der Waals surface area contributed by atoms with Gasteiger partial charge in [-0.2, -0.15) is 0 Å². The Hall–Kier alpha value is -1.76. The Balaban J connectivity index is 1.77. The van der Waals surface area contributed by atoms with Gasteiger partial charge in [0.1, 0.15) is 16.8 Å². The van der Waals surface area contributed by atoms with Crippen LogP contribution in [0.15, 0.2) is 48.5 Å². The number of aliphatic hydroxyl groups excluding tert-OH is 2. The highest BCUT2D eigenvalue weighted by atomic mass is 16.4. The van der Waals surface area contributed by atoms with E-state index in [1.54, 1.807) is 24.3 Å². The fourth-order valence-corrected chi connectivity index (χ4v) is 5.26. The molecule has 0 saturated heterocycles. The molecule has 0 bridgehead atoms. The van der Waals surface area contributed by atoms with Crippen molar-refractivity contribution in [1.82, 2.24) is 0 Å². The van der Waals surface area contributed by atoms with Crippen molar-refractivity contribution in [3.8, 4) is 0 Å². The second-order valence-corrected chi connectivity index (χ2v) is 8.04. The molecule has 2 aromatic carbocycles. The normalized spacial score (nSPS) is 40.0. The number of hydrogen-bond donors (Lipinski definition) is 5. The zero-order chi connectivity index (χ0) is 19.6. The van der Waals surface area contributed by atoms with E-state index in [9.17, 15) is 25.5 Å². The second-order valence-electron chi connectivity index (χ2n) is 8.04. The first-order chi connectivity index (χ1) is 12.8. The number of aryl methyl sites for hydroxylation is 2. The summed E-state index contributed by atoms with van der Waals surface area (Å²) in [7, 11) is 0. The first kappa shape index (κ1) is 18.6. The van der Waals surface area contributed by atoms with E-state index in [1.807, 2.05) is 38.1 Å². The summed E-state index contributed by atoms with van der Waals surface area (Å²) in [6.07, 6.45) is -0.408. The van der Waals surface area contributed by atoms with Gasteiger partial charge < -0.3 is 25.5 Å². The van der Waals surface area contributed by atoms with E-state index in [1.165, 1.54) is 0 Å². The summed E-state index contributed by atoms with van der Waals surface area (Å²) in [6, 6.07) is 14.5. The molecule has 27 heavy (non-hydrogen) atoms. The minimum Gasteiger partial charge on any atom is -0.393 e. The Labute approximate surface area is 158 Å². The maximum Gasteiger partial charge on any atom is 0.137 e. The van der Waals surface area contributed by atoms with E-state index in [0.717, 1.165) is 17.5 Å². The molecular weight excluding hydrogens is 344 g/mol. The van der Waals surface area contributed by atoms with Crippen LogP contribution in [0.2, 0.25) is 0 Å². The fraction of sp³-hybridized carbons (Fsp3) is 0.455. The van der Waals surface area contributed by atoms with Crippen molar-refractivity contribution in [1.29, 1.82) is 0 Å². The minimum absolute atomic E-state index is 0.581. The highest BCUT2D eigenvalue weighted by molar-refractivity contribution is 5.55. The average Bonchev–Trinajstić information content (AvgIpc) is 2.69. The summed E-state index contributed by atoms with van der Waals surface area (Å²) in [6.45, 7) is 3.23. The first-order valence-corrected chi connectivity index (χ1v) is 9.37. The smallest absolute Gasteiger partial charge is 0.137 e. The Kier molecular flexibility index (Phi) is 4.04. The van der Waals surface area contributed by atoms with Gasteiger partial charge in [-0.25, -0.2) is 0 Å². The minimum atomic E-state index is -2.03. The van der Waals surface area contributed by atoms with Gasteiger partial charge in [-0.05, 0) is 30.0 Å². The molecule has 2 aromatic rings. The summed E-state index contributed by atoms with van der Waals surface area (Å²) >= 11 is 0. The molecule has 3 unspecified atom stereocenters. The number of aliphatic hydroxyl groups is 5. The van der Waals surface area contributed by atoms with Crippen LogP contribution in [0.5, 0.6) is 0 Å². The monoisotopic (exact) mass is 370 g/mol. The number of hydrogen-bond acceptors (Lipinski definition) is 5. The maximum atomic E-state index is 11.3. The number of benzene rings is 2. The van der Waals surface area contributed by atoms with Gasteiger partial charge in [-0.1, -0.05) is 61.0 Å². The molecule has 0 radical (unpaired) electrons. The average molecular weight is 370 g/mol. The molecular formula is C22H26O5. The molecule has 0 aromatic heterocycles. The summed E-state index contributed by atoms with van der Waals surface area (Å²) < 4.78 is 0. The van der Waals surface area contributed by atoms with Crippen LogP contribution >= 0.6 is 0 Å². The third kappa shape index (κ3) is 2.01. The van der Waals surface area contributed by atoms with Crippen LogP contribution in [0, 0.1) is 6.92 Å². The predicted octanol–water partition coefficient (Wildman–Crippen LogP) is 0.999. The van der Waals surface area contributed by atoms with Gasteiger partial charge in [0.05, 0.1) is 18.6 Å². The largest absolute Gasteiger partial charge is 0.393 e. The van der Waals surface area contributed by atoms with Crippen LogP contribution in [0.1, 0.15) is 41.0 Å². The van der Waals surface area contributed by atoms with Crippen molar-refractivity contribution < 1.29 is 25.5 Å². The number of fused-ring (bicyclic) bond motifs is 1. The van der Waals surface area contributed by atoms with Crippen LogP contribution in [-0.2, 0) is 6.42 Å². The molecule has 0 amide bonds. The zero-order valence-electron chi connectivity index (χ0n) is 15.5. The van der Waals surface area contributed by atoms with Gasteiger partial charge in [0.25, 0.3) is 0 Å². The summed E-state index contributed by atoms with van der Waals surface area (Å²) in [4.78, 5) is 0. The van der Waals surface area contributed by atoms with Gasteiger partial charge in [-0.3, -0.25) is 0 Å². The molecule has 2 aliphatic carbocycles. The molecule has 2 aliphatic rings. The molecule has 0 heterocycles. The van der Waals surface area contributed by atoms with Crippen molar-refractivity contribution in [2.24, 2.45) is 0 Å². The van der Waals surface area contributed by atoms with Crippen molar-refractivity contribution in [2.75, 3.05) is 6.61 Å². The molecule has 5 N–H and O–H groups in total. The molecule has 4 rings (SSSR count). The zero-order valence-corrected chi connectivity index (χ0v) is 15.5. The van der Waals surface area contributed by atoms with Crippen molar-refractivity contribution in [2.45, 2.75) is 55.0 Å². The maximum absolute atomic E-state index is 11.3. The summed E-state index contributed by atoms with van der Waals surface area (Å²) in [5.74, 6) is -1.87. The van der Waals surface area contributed by atoms with E-state index >= 15 is 0 Å². The molecule has 2 saturated carbocycles. The lowest BCUT2D eigenvalue weighted by atomic mass is 9.31. The molecule has 0 aliphatic heterocycles. The van der Waals surface area contributed by atoms with Gasteiger partial charge in [-0.15, -0.1) is 0 Å². The summed E-state index contributed by atoms with van der Waals surface area (Å²) in [5, 5.41) is 54.5. The third-order valence-corrected chi connectivity index (χ3v) is 6.80. The number of rotatable bonds is 4. The van der Waals surface area contributed by atoms with Crippen molar-refractivity contribution in [3.63, 3.8) is 0 Å². The Morgan fingerprint density at radius 2 is 1.44 bits per heavy atom. The Bertz CT molecular complexity index is 836. The van der Waals surface area contributed by atoms with Gasteiger partial charge in [0.2, 0.25) is 0 Å². The van der Waals surface area contributed by atoms with E-state index in [2.05, 4.69) is 0 Å². The van der Waals surface area contributed by atoms with E-state index in [4.69, 9.17) is 0 Å². The lowest BCUT2D eigenvalue weighted by molar-refractivity contribution is -0.448. The standard InChI is InChI=1S/C22H26O5/c1-3-14-6-10-16(11-7-14)18-20(25,12-23)22(27)17(19(24)21(18,22)26)15-8-4-13(2)5-9-15/h4-11,17-19,23-27H,3,12H2,1-2H3/t17?,18?,19?,20-,21-,22-/m0/s1. The van der Waals surface area contributed by atoms with Crippen LogP contribution in [0.3, 0.4) is 0 Å². The Morgan fingerprint density at radius 1 is 0.889 bits per heavy atom. The fourth-order valence-electron chi connectivity index (χ4n) is 5.26. The molecule has 5 nitrogen and oxygen atoms in total. The van der Waals surface area contributed by atoms with Crippen LogP contribution < -0.4 is 0 Å². The van der Waals surface area contributed by atoms with Gasteiger partial charge in [0.15, 0.2) is 0 Å². The second kappa shape index (κ2) is 5.87. The quantitative estimate of drug-likeness (QED) is 0.553. The molecule has 6 atom stereocenters. The van der Waals surface area contributed by atoms with Crippen LogP contribution in [0.4, 0.5) is 0 Å². The summed E-state index contributed by atoms with van der Waals surface area (Å²) in [5.41, 5.74) is -2.59. The molecule has 144 valence electrons. The predicted molar refractivity (Wildman–Crippen MR) is 100 cm³/mol. The first-order valence-electron chi connectivity index (χ1n) is 9.37. The molecule has 2 fully saturated rings. The highest BCUT2D eigenvalue weighted by Gasteiger charge is 2.92. The van der Waals surface area contributed by atoms with Crippen molar-refractivity contribution in [3.05, 3.63) is 70.8 Å². The van der Waals surface area contributed by atoms with E-state index in [0.29, 0.717) is 11.1 Å². The van der Waals surface area contributed by atoms with Crippen molar-refractivity contribution >= 4 is 0 Å². The SMILES string of the molecule is CCc1ccc(C2[C@]3(O)C(O)C(c4ccc(C)cc4)[C@]3(O)[C@]2(O)CO)cc1. The van der Waals surface area contributed by atoms with Crippen LogP contribution in [0.25, 0.3) is 0 Å². The topological polar surface area (TPSA) is 101 Å². The van der Waals surface area contributed by atoms with E-state index in [-0.39, 0.29) is 0 Å². The lowest BCUT2D eigenvalue weighted by Crippen LogP contribution is -2.98. The molecule has 0 spiro atoms. The van der Waals surface area contributed by atoms with Gasteiger partial charge in [0, 0.05) is 5.92 Å². The lowest BCUT2D eigenvalue weighted by Gasteiger charge is -2.79. The van der Waals surface area contributed by atoms with E-state index < -0.39 is 41.3 Å². The van der Waals surface area contributed by atoms with Crippen LogP contribution in [-0.4, -0.2) is 55.0 Å². The molecule has 5 heteroatoms. The highest BCUT2D eigenvalue weighted by Crippen LogP contribution is 2.74. The Morgan fingerprint density at radius 3 is 1.96 bits per heavy atom.